The van der Waals surface area contributed by atoms with Crippen LogP contribution < -0.4 is 4.90 Å². The second-order valence-electron chi connectivity index (χ2n) is 16.8. The zero-order valence-corrected chi connectivity index (χ0v) is 35.8. The summed E-state index contributed by atoms with van der Waals surface area (Å²) in [4.78, 5) is 2.42. The molecule has 0 unspecified atom stereocenters. The topological polar surface area (TPSA) is 3.24 Å². The second-order valence-corrected chi connectivity index (χ2v) is 16.8. The minimum atomic E-state index is 1.08. The highest BCUT2D eigenvalue weighted by molar-refractivity contribution is 6.25. The normalized spacial score (nSPS) is 11.4. The predicted octanol–water partition coefficient (Wildman–Crippen LogP) is 18.1. The third-order valence-corrected chi connectivity index (χ3v) is 13.1. The summed E-state index contributed by atoms with van der Waals surface area (Å²) in [6, 6.07) is 95.2. The lowest BCUT2D eigenvalue weighted by atomic mass is 9.89. The van der Waals surface area contributed by atoms with Gasteiger partial charge in [-0.05, 0) is 136 Å². The number of benzene rings is 12. The van der Waals surface area contributed by atoms with Gasteiger partial charge in [0, 0.05) is 16.9 Å². The molecule has 0 saturated carbocycles. The van der Waals surface area contributed by atoms with E-state index in [1.165, 1.54) is 87.6 Å². The first-order valence-electron chi connectivity index (χ1n) is 22.4. The van der Waals surface area contributed by atoms with Crippen molar-refractivity contribution in [2.75, 3.05) is 4.90 Å². The molecule has 0 radical (unpaired) electrons. The minimum Gasteiger partial charge on any atom is -0.310 e. The smallest absolute Gasteiger partial charge is 0.0540 e. The van der Waals surface area contributed by atoms with E-state index < -0.39 is 0 Å². The summed E-state index contributed by atoms with van der Waals surface area (Å²) >= 11 is 0. The van der Waals surface area contributed by atoms with Crippen LogP contribution in [0.15, 0.2) is 261 Å². The molecule has 0 saturated heterocycles. The van der Waals surface area contributed by atoms with E-state index in [9.17, 15) is 0 Å². The molecule has 1 heteroatoms. The molecule has 12 aromatic rings. The number of hydrogen-bond donors (Lipinski definition) is 0. The summed E-state index contributed by atoms with van der Waals surface area (Å²) in [5, 5.41) is 10.2. The first-order chi connectivity index (χ1) is 32.2. The fraction of sp³-hybridized carbons (Fsp3) is 0. The first kappa shape index (κ1) is 38.2. The van der Waals surface area contributed by atoms with Crippen molar-refractivity contribution >= 4 is 60.2 Å². The van der Waals surface area contributed by atoms with Gasteiger partial charge in [0.25, 0.3) is 0 Å². The second kappa shape index (κ2) is 16.3. The number of anilines is 3. The van der Waals surface area contributed by atoms with Crippen LogP contribution in [0.1, 0.15) is 0 Å². The highest BCUT2D eigenvalue weighted by atomic mass is 15.1. The quantitative estimate of drug-likeness (QED) is 0.138. The van der Waals surface area contributed by atoms with Crippen molar-refractivity contribution in [3.05, 3.63) is 261 Å². The Bertz CT molecular complexity index is 3630. The molecule has 12 rings (SSSR count). The van der Waals surface area contributed by atoms with Crippen molar-refractivity contribution in [3.8, 4) is 55.6 Å². The molecular formula is C64H43N. The molecule has 0 aliphatic carbocycles. The van der Waals surface area contributed by atoms with Gasteiger partial charge in [0.1, 0.15) is 0 Å². The van der Waals surface area contributed by atoms with Crippen molar-refractivity contribution < 1.29 is 0 Å². The van der Waals surface area contributed by atoms with E-state index in [-0.39, 0.29) is 0 Å². The number of fused-ring (bicyclic) bond motifs is 7. The Balaban J connectivity index is 1.01. The average molecular weight is 826 g/mol. The van der Waals surface area contributed by atoms with Gasteiger partial charge in [0.2, 0.25) is 0 Å². The van der Waals surface area contributed by atoms with Gasteiger partial charge in [-0.25, -0.2) is 0 Å². The van der Waals surface area contributed by atoms with Gasteiger partial charge in [-0.15, -0.1) is 0 Å². The number of rotatable bonds is 8. The lowest BCUT2D eigenvalue weighted by Gasteiger charge is -2.29. The van der Waals surface area contributed by atoms with Gasteiger partial charge in [-0.1, -0.05) is 218 Å². The summed E-state index contributed by atoms with van der Waals surface area (Å²) in [6.07, 6.45) is 0. The van der Waals surface area contributed by atoms with E-state index in [2.05, 4.69) is 266 Å². The molecule has 0 atom stereocenters. The van der Waals surface area contributed by atoms with Crippen molar-refractivity contribution in [1.82, 2.24) is 0 Å². The Morgan fingerprint density at radius 3 is 1.25 bits per heavy atom. The van der Waals surface area contributed by atoms with E-state index in [0.29, 0.717) is 0 Å². The van der Waals surface area contributed by atoms with Crippen LogP contribution in [0.4, 0.5) is 17.1 Å². The zero-order chi connectivity index (χ0) is 43.1. The molecule has 0 spiro atoms. The molecule has 12 aromatic carbocycles. The summed E-state index contributed by atoms with van der Waals surface area (Å²) in [5.74, 6) is 0. The fourth-order valence-corrected chi connectivity index (χ4v) is 9.93. The van der Waals surface area contributed by atoms with E-state index in [0.717, 1.165) is 28.2 Å². The van der Waals surface area contributed by atoms with Crippen molar-refractivity contribution in [1.29, 1.82) is 0 Å². The molecule has 1 nitrogen and oxygen atoms in total. The predicted molar refractivity (Wildman–Crippen MR) is 278 cm³/mol. The van der Waals surface area contributed by atoms with E-state index in [1.807, 2.05) is 0 Å². The summed E-state index contributed by atoms with van der Waals surface area (Å²) in [5.41, 5.74) is 15.2. The van der Waals surface area contributed by atoms with Crippen molar-refractivity contribution in [2.24, 2.45) is 0 Å². The summed E-state index contributed by atoms with van der Waals surface area (Å²) in [7, 11) is 0. The van der Waals surface area contributed by atoms with Crippen LogP contribution in [0.5, 0.6) is 0 Å². The van der Waals surface area contributed by atoms with Crippen LogP contribution >= 0.6 is 0 Å². The van der Waals surface area contributed by atoms with E-state index in [4.69, 9.17) is 0 Å². The molecule has 0 aliphatic heterocycles. The zero-order valence-electron chi connectivity index (χ0n) is 35.8. The van der Waals surface area contributed by atoms with Crippen LogP contribution in [-0.2, 0) is 0 Å². The SMILES string of the molecule is c1ccc(-c2ccc(N(c3ccc(-c4ccc5c6ccccc6c6ccccc6c5c4)cc3)c3ccc(-c4ccc5ccccc5c4-c4ccccc4)cc3)c(-c3ccccc3)c2)cc1. The molecule has 0 heterocycles. The molecule has 0 fully saturated rings. The van der Waals surface area contributed by atoms with Crippen LogP contribution in [0, 0.1) is 0 Å². The maximum atomic E-state index is 2.42. The Hall–Kier alpha value is -8.52. The maximum absolute atomic E-state index is 2.42. The largest absolute Gasteiger partial charge is 0.310 e. The number of nitrogens with zero attached hydrogens (tertiary/aromatic N) is 1. The van der Waals surface area contributed by atoms with Gasteiger partial charge in [-0.2, -0.15) is 0 Å². The number of hydrogen-bond acceptors (Lipinski definition) is 1. The van der Waals surface area contributed by atoms with Crippen LogP contribution in [0.25, 0.3) is 98.7 Å². The highest BCUT2D eigenvalue weighted by Gasteiger charge is 2.20. The van der Waals surface area contributed by atoms with Gasteiger partial charge in [0.05, 0.1) is 5.69 Å². The van der Waals surface area contributed by atoms with Gasteiger partial charge in [0.15, 0.2) is 0 Å². The molecule has 65 heavy (non-hydrogen) atoms. The van der Waals surface area contributed by atoms with E-state index in [1.54, 1.807) is 0 Å². The van der Waals surface area contributed by atoms with Crippen molar-refractivity contribution in [2.45, 2.75) is 0 Å². The molecule has 304 valence electrons. The highest BCUT2D eigenvalue weighted by Crippen LogP contribution is 2.45. The standard InChI is InChI=1S/C64H43N/c1-4-16-44(17-5-1)51-34-41-63(61(42-51)46-18-6-2-7-19-46)65(53-37-30-48(31-38-53)55-39-32-47-20-10-11-23-54(47)64(55)49-21-8-3-9-22-49)52-35-28-45(29-36-52)50-33-40-60-58-26-13-12-24-56(58)57-25-14-15-27-59(57)62(60)43-50/h1-43H. The molecule has 0 aromatic heterocycles. The minimum absolute atomic E-state index is 1.08. The van der Waals surface area contributed by atoms with Crippen molar-refractivity contribution in [3.63, 3.8) is 0 Å². The third-order valence-electron chi connectivity index (χ3n) is 13.1. The van der Waals surface area contributed by atoms with Gasteiger partial charge in [-0.3, -0.25) is 0 Å². The van der Waals surface area contributed by atoms with Crippen LogP contribution in [0.2, 0.25) is 0 Å². The molecule has 0 N–H and O–H groups in total. The van der Waals surface area contributed by atoms with Gasteiger partial charge < -0.3 is 4.90 Å². The van der Waals surface area contributed by atoms with Crippen LogP contribution in [0.3, 0.4) is 0 Å². The first-order valence-corrected chi connectivity index (χ1v) is 22.4. The molecule has 0 aliphatic rings. The molecule has 0 bridgehead atoms. The lowest BCUT2D eigenvalue weighted by molar-refractivity contribution is 1.28. The fourth-order valence-electron chi connectivity index (χ4n) is 9.93. The Morgan fingerprint density at radius 2 is 0.631 bits per heavy atom. The third kappa shape index (κ3) is 6.92. The Kier molecular flexibility index (Phi) is 9.58. The monoisotopic (exact) mass is 825 g/mol. The molecule has 0 amide bonds. The summed E-state index contributed by atoms with van der Waals surface area (Å²) < 4.78 is 0. The Labute approximate surface area is 379 Å². The molecular weight excluding hydrogens is 783 g/mol. The maximum Gasteiger partial charge on any atom is 0.0540 e. The van der Waals surface area contributed by atoms with Gasteiger partial charge >= 0.3 is 0 Å². The average Bonchev–Trinajstić information content (AvgIpc) is 3.39. The summed E-state index contributed by atoms with van der Waals surface area (Å²) in [6.45, 7) is 0. The Morgan fingerprint density at radius 1 is 0.215 bits per heavy atom. The van der Waals surface area contributed by atoms with Crippen LogP contribution in [-0.4, -0.2) is 0 Å². The van der Waals surface area contributed by atoms with E-state index >= 15 is 0 Å². The lowest BCUT2D eigenvalue weighted by Crippen LogP contribution is -2.11.